The molecule has 3 heteroatoms. The minimum atomic E-state index is 0.848. The molecule has 0 fully saturated rings. The van der Waals surface area contributed by atoms with E-state index in [0.717, 1.165) is 44.5 Å². The molecule has 0 unspecified atom stereocenters. The molecule has 0 N–H and O–H groups in total. The summed E-state index contributed by atoms with van der Waals surface area (Å²) in [7, 11) is 0. The van der Waals surface area contributed by atoms with Crippen LogP contribution >= 0.6 is 0 Å². The van der Waals surface area contributed by atoms with Crippen LogP contribution in [-0.2, 0) is 0 Å². The van der Waals surface area contributed by atoms with Crippen LogP contribution in [0.3, 0.4) is 0 Å². The molecule has 0 atom stereocenters. The number of nitrogens with zero attached hydrogens (tertiary/aromatic N) is 3. The Balaban J connectivity index is 1.70. The van der Waals surface area contributed by atoms with Gasteiger partial charge in [-0.1, -0.05) is 48.5 Å². The van der Waals surface area contributed by atoms with Gasteiger partial charge in [-0.2, -0.15) is 0 Å². The third-order valence-corrected chi connectivity index (χ3v) is 4.52. The van der Waals surface area contributed by atoms with Crippen LogP contribution in [0.15, 0.2) is 91.1 Å². The van der Waals surface area contributed by atoms with E-state index in [1.165, 1.54) is 0 Å². The van der Waals surface area contributed by atoms with Crippen LogP contribution in [-0.4, -0.2) is 15.0 Å². The first-order valence-electron chi connectivity index (χ1n) is 8.56. The zero-order valence-corrected chi connectivity index (χ0v) is 14.0. The van der Waals surface area contributed by atoms with Gasteiger partial charge in [-0.3, -0.25) is 4.98 Å². The molecule has 0 bridgehead atoms. The van der Waals surface area contributed by atoms with Gasteiger partial charge in [0.05, 0.1) is 28.1 Å². The molecule has 0 saturated heterocycles. The van der Waals surface area contributed by atoms with Gasteiger partial charge in [0, 0.05) is 22.5 Å². The second-order valence-corrected chi connectivity index (χ2v) is 6.18. The number of benzene rings is 2. The van der Waals surface area contributed by atoms with Gasteiger partial charge < -0.3 is 0 Å². The van der Waals surface area contributed by atoms with Crippen LogP contribution < -0.4 is 0 Å². The maximum Gasteiger partial charge on any atom is 0.0980 e. The Morgan fingerprint density at radius 3 is 1.85 bits per heavy atom. The van der Waals surface area contributed by atoms with Crippen molar-refractivity contribution in [3.05, 3.63) is 91.1 Å². The van der Waals surface area contributed by atoms with Crippen molar-refractivity contribution in [2.75, 3.05) is 0 Å². The Labute approximate surface area is 151 Å². The Morgan fingerprint density at radius 2 is 1.12 bits per heavy atom. The van der Waals surface area contributed by atoms with E-state index in [1.807, 2.05) is 54.6 Å². The quantitative estimate of drug-likeness (QED) is 0.427. The molecule has 0 aliphatic heterocycles. The molecule has 0 aliphatic rings. The van der Waals surface area contributed by atoms with E-state index in [1.54, 1.807) is 6.20 Å². The van der Waals surface area contributed by atoms with Gasteiger partial charge in [-0.05, 0) is 36.4 Å². The standard InChI is InChI=1S/C23H15N3/c1-3-9-19-16(6-1)11-13-21(25-19)18-8-5-15-24-23(18)22-14-12-17-7-2-4-10-20(17)26-22/h1-15H. The minimum Gasteiger partial charge on any atom is -0.254 e. The molecule has 3 aromatic heterocycles. The molecule has 3 heterocycles. The van der Waals surface area contributed by atoms with Crippen molar-refractivity contribution in [3.8, 4) is 22.6 Å². The molecule has 2 aromatic carbocycles. The second-order valence-electron chi connectivity index (χ2n) is 6.18. The molecule has 0 spiro atoms. The lowest BCUT2D eigenvalue weighted by Crippen LogP contribution is -1.94. The summed E-state index contributed by atoms with van der Waals surface area (Å²) in [5.74, 6) is 0. The zero-order chi connectivity index (χ0) is 17.3. The van der Waals surface area contributed by atoms with Crippen molar-refractivity contribution in [2.45, 2.75) is 0 Å². The molecule has 0 aliphatic carbocycles. The number of rotatable bonds is 2. The van der Waals surface area contributed by atoms with Crippen LogP contribution in [0.2, 0.25) is 0 Å². The van der Waals surface area contributed by atoms with Crippen molar-refractivity contribution >= 4 is 21.8 Å². The molecule has 5 aromatic rings. The van der Waals surface area contributed by atoms with Crippen LogP contribution in [0.5, 0.6) is 0 Å². The third kappa shape index (κ3) is 2.50. The Hall–Kier alpha value is -3.59. The van der Waals surface area contributed by atoms with Crippen LogP contribution in [0.4, 0.5) is 0 Å². The van der Waals surface area contributed by atoms with Gasteiger partial charge in [0.2, 0.25) is 0 Å². The Kier molecular flexibility index (Phi) is 3.42. The van der Waals surface area contributed by atoms with Gasteiger partial charge in [0.15, 0.2) is 0 Å². The Morgan fingerprint density at radius 1 is 0.500 bits per heavy atom. The predicted octanol–water partition coefficient (Wildman–Crippen LogP) is 5.51. The molecule has 3 nitrogen and oxygen atoms in total. The summed E-state index contributed by atoms with van der Waals surface area (Å²) in [6.07, 6.45) is 1.80. The molecular formula is C23H15N3. The Bertz CT molecular complexity index is 1150. The average Bonchev–Trinajstić information content (AvgIpc) is 2.73. The minimum absolute atomic E-state index is 0.848. The van der Waals surface area contributed by atoms with Crippen molar-refractivity contribution < 1.29 is 0 Å². The fourth-order valence-corrected chi connectivity index (χ4v) is 3.23. The predicted molar refractivity (Wildman–Crippen MR) is 106 cm³/mol. The van der Waals surface area contributed by atoms with Gasteiger partial charge in [0.25, 0.3) is 0 Å². The topological polar surface area (TPSA) is 38.7 Å². The summed E-state index contributed by atoms with van der Waals surface area (Å²) < 4.78 is 0. The fraction of sp³-hybridized carbons (Fsp3) is 0. The van der Waals surface area contributed by atoms with Crippen molar-refractivity contribution in [2.24, 2.45) is 0 Å². The summed E-state index contributed by atoms with van der Waals surface area (Å²) in [5, 5.41) is 2.25. The summed E-state index contributed by atoms with van der Waals surface area (Å²) in [6, 6.07) is 28.5. The number of para-hydroxylation sites is 2. The first kappa shape index (κ1) is 14.7. The zero-order valence-electron chi connectivity index (χ0n) is 14.0. The highest BCUT2D eigenvalue weighted by Gasteiger charge is 2.12. The van der Waals surface area contributed by atoms with Crippen molar-refractivity contribution in [1.29, 1.82) is 0 Å². The number of aromatic nitrogens is 3. The highest BCUT2D eigenvalue weighted by atomic mass is 14.8. The largest absolute Gasteiger partial charge is 0.254 e. The first-order valence-corrected chi connectivity index (χ1v) is 8.56. The van der Waals surface area contributed by atoms with Gasteiger partial charge in [-0.15, -0.1) is 0 Å². The summed E-state index contributed by atoms with van der Waals surface area (Å²) >= 11 is 0. The molecule has 0 radical (unpaired) electrons. The molecule has 26 heavy (non-hydrogen) atoms. The van der Waals surface area contributed by atoms with Crippen LogP contribution in [0, 0.1) is 0 Å². The highest BCUT2D eigenvalue weighted by Crippen LogP contribution is 2.30. The highest BCUT2D eigenvalue weighted by molar-refractivity contribution is 5.86. The van der Waals surface area contributed by atoms with Gasteiger partial charge >= 0.3 is 0 Å². The lowest BCUT2D eigenvalue weighted by Gasteiger charge is -2.09. The summed E-state index contributed by atoms with van der Waals surface area (Å²) in [5.41, 5.74) is 5.54. The van der Waals surface area contributed by atoms with E-state index in [0.29, 0.717) is 0 Å². The fourth-order valence-electron chi connectivity index (χ4n) is 3.23. The smallest absolute Gasteiger partial charge is 0.0980 e. The average molecular weight is 333 g/mol. The van der Waals surface area contributed by atoms with E-state index >= 15 is 0 Å². The monoisotopic (exact) mass is 333 g/mol. The second kappa shape index (κ2) is 6.05. The van der Waals surface area contributed by atoms with E-state index < -0.39 is 0 Å². The number of pyridine rings is 3. The lowest BCUT2D eigenvalue weighted by atomic mass is 10.0. The van der Waals surface area contributed by atoms with Crippen LogP contribution in [0.25, 0.3) is 44.5 Å². The normalized spacial score (nSPS) is 11.1. The maximum absolute atomic E-state index is 4.83. The van der Waals surface area contributed by atoms with Gasteiger partial charge in [-0.25, -0.2) is 9.97 Å². The molecule has 0 saturated carbocycles. The molecule has 0 amide bonds. The van der Waals surface area contributed by atoms with Crippen molar-refractivity contribution in [3.63, 3.8) is 0 Å². The SMILES string of the molecule is c1cnc(-c2ccc3ccccc3n2)c(-c2ccc3ccccc3n2)c1. The molecule has 122 valence electrons. The van der Waals surface area contributed by atoms with E-state index in [2.05, 4.69) is 35.3 Å². The van der Waals surface area contributed by atoms with Crippen LogP contribution in [0.1, 0.15) is 0 Å². The first-order chi connectivity index (χ1) is 12.9. The number of hydrogen-bond donors (Lipinski definition) is 0. The summed E-state index contributed by atoms with van der Waals surface area (Å²) in [6.45, 7) is 0. The molecular weight excluding hydrogens is 318 g/mol. The number of hydrogen-bond acceptors (Lipinski definition) is 3. The van der Waals surface area contributed by atoms with E-state index in [-0.39, 0.29) is 0 Å². The van der Waals surface area contributed by atoms with E-state index in [4.69, 9.17) is 9.97 Å². The van der Waals surface area contributed by atoms with Crippen molar-refractivity contribution in [1.82, 2.24) is 15.0 Å². The van der Waals surface area contributed by atoms with Gasteiger partial charge in [0.1, 0.15) is 0 Å². The lowest BCUT2D eigenvalue weighted by molar-refractivity contribution is 1.26. The summed E-state index contributed by atoms with van der Waals surface area (Å²) in [4.78, 5) is 14.2. The maximum atomic E-state index is 4.83. The third-order valence-electron chi connectivity index (χ3n) is 4.52. The van der Waals surface area contributed by atoms with E-state index in [9.17, 15) is 0 Å². The number of fused-ring (bicyclic) bond motifs is 2. The molecule has 5 rings (SSSR count).